The number of nitrogens with zero attached hydrogens (tertiary/aromatic N) is 3. The first kappa shape index (κ1) is 15.1. The predicted octanol–water partition coefficient (Wildman–Crippen LogP) is 0.732. The van der Waals surface area contributed by atoms with Gasteiger partial charge in [-0.05, 0) is 39.8 Å². The number of unbranched alkanes of at least 4 members (excludes halogenated alkanes) is 1. The predicted molar refractivity (Wildman–Crippen MR) is 73.1 cm³/mol. The van der Waals surface area contributed by atoms with Gasteiger partial charge in [0.25, 0.3) is 0 Å². The first-order valence-electron chi connectivity index (χ1n) is 6.52. The lowest BCUT2D eigenvalue weighted by Gasteiger charge is -2.21. The van der Waals surface area contributed by atoms with Crippen molar-refractivity contribution in [2.45, 2.75) is 38.3 Å². The van der Waals surface area contributed by atoms with Gasteiger partial charge in [-0.15, -0.1) is 0 Å². The lowest BCUT2D eigenvalue weighted by atomic mass is 9.99. The fourth-order valence-electron chi connectivity index (χ4n) is 1.86. The third kappa shape index (κ3) is 5.16. The summed E-state index contributed by atoms with van der Waals surface area (Å²) in [7, 11) is 4.10. The number of nitrogens with two attached hydrogens (primary N) is 1. The Labute approximate surface area is 110 Å². The lowest BCUT2D eigenvalue weighted by molar-refractivity contribution is 0.0565. The second kappa shape index (κ2) is 6.87. The molecule has 0 aliphatic heterocycles. The van der Waals surface area contributed by atoms with Gasteiger partial charge in [-0.3, -0.25) is 4.90 Å². The molecule has 0 aliphatic carbocycles. The summed E-state index contributed by atoms with van der Waals surface area (Å²) in [6.45, 7) is 3.99. The SMILES string of the molecule is CN(CCCCC(C)(O)CN)Cc1nccn1C. The van der Waals surface area contributed by atoms with Crippen LogP contribution in [0.1, 0.15) is 32.0 Å². The maximum atomic E-state index is 9.78. The van der Waals surface area contributed by atoms with Crippen molar-refractivity contribution in [2.75, 3.05) is 20.1 Å². The van der Waals surface area contributed by atoms with E-state index >= 15 is 0 Å². The van der Waals surface area contributed by atoms with Crippen LogP contribution in [0.2, 0.25) is 0 Å². The van der Waals surface area contributed by atoms with Crippen LogP contribution in [0.4, 0.5) is 0 Å². The molecule has 5 nitrogen and oxygen atoms in total. The molecule has 1 heterocycles. The number of aliphatic hydroxyl groups is 1. The van der Waals surface area contributed by atoms with E-state index in [2.05, 4.69) is 16.9 Å². The Morgan fingerprint density at radius 1 is 1.50 bits per heavy atom. The number of aromatic nitrogens is 2. The van der Waals surface area contributed by atoms with Crippen molar-refractivity contribution in [1.29, 1.82) is 0 Å². The minimum atomic E-state index is -0.710. The molecule has 1 rings (SSSR count). The molecule has 0 saturated carbocycles. The highest BCUT2D eigenvalue weighted by Gasteiger charge is 2.16. The Bertz CT molecular complexity index is 349. The third-order valence-electron chi connectivity index (χ3n) is 3.28. The molecule has 0 fully saturated rings. The minimum absolute atomic E-state index is 0.329. The second-order valence-corrected chi connectivity index (χ2v) is 5.35. The molecule has 1 aromatic heterocycles. The van der Waals surface area contributed by atoms with Crippen LogP contribution in [-0.2, 0) is 13.6 Å². The molecular weight excluding hydrogens is 228 g/mol. The van der Waals surface area contributed by atoms with Gasteiger partial charge in [0.15, 0.2) is 0 Å². The van der Waals surface area contributed by atoms with Gasteiger partial charge < -0.3 is 15.4 Å². The molecule has 3 N–H and O–H groups in total. The smallest absolute Gasteiger partial charge is 0.122 e. The van der Waals surface area contributed by atoms with Crippen molar-refractivity contribution in [3.8, 4) is 0 Å². The van der Waals surface area contributed by atoms with E-state index < -0.39 is 5.60 Å². The second-order valence-electron chi connectivity index (χ2n) is 5.35. The molecule has 104 valence electrons. The van der Waals surface area contributed by atoms with Crippen molar-refractivity contribution in [1.82, 2.24) is 14.5 Å². The Hall–Kier alpha value is -0.910. The van der Waals surface area contributed by atoms with Crippen molar-refractivity contribution >= 4 is 0 Å². The van der Waals surface area contributed by atoms with Crippen molar-refractivity contribution in [3.63, 3.8) is 0 Å². The zero-order valence-electron chi connectivity index (χ0n) is 11.8. The van der Waals surface area contributed by atoms with E-state index in [4.69, 9.17) is 5.73 Å². The topological polar surface area (TPSA) is 67.3 Å². The van der Waals surface area contributed by atoms with Crippen LogP contribution in [0.15, 0.2) is 12.4 Å². The third-order valence-corrected chi connectivity index (χ3v) is 3.28. The first-order valence-corrected chi connectivity index (χ1v) is 6.52. The standard InChI is InChI=1S/C13H26N4O/c1-13(18,11-14)6-4-5-8-16(2)10-12-15-7-9-17(12)3/h7,9,18H,4-6,8,10-11,14H2,1-3H3. The van der Waals surface area contributed by atoms with E-state index in [-0.39, 0.29) is 0 Å². The molecule has 5 heteroatoms. The quantitative estimate of drug-likeness (QED) is 0.671. The van der Waals surface area contributed by atoms with E-state index in [1.165, 1.54) is 0 Å². The van der Waals surface area contributed by atoms with Crippen LogP contribution in [-0.4, -0.2) is 45.3 Å². The van der Waals surface area contributed by atoms with E-state index in [1.807, 2.05) is 24.0 Å². The Balaban J connectivity index is 2.18. The van der Waals surface area contributed by atoms with Crippen molar-refractivity contribution in [2.24, 2.45) is 12.8 Å². The molecular formula is C13H26N4O. The molecule has 1 atom stereocenters. The summed E-state index contributed by atoms with van der Waals surface area (Å²) < 4.78 is 2.04. The molecule has 0 spiro atoms. The number of aryl methyl sites for hydroxylation is 1. The van der Waals surface area contributed by atoms with E-state index in [9.17, 15) is 5.11 Å². The molecule has 0 radical (unpaired) electrons. The molecule has 18 heavy (non-hydrogen) atoms. The van der Waals surface area contributed by atoms with Crippen LogP contribution < -0.4 is 5.73 Å². The largest absolute Gasteiger partial charge is 0.389 e. The highest BCUT2D eigenvalue weighted by Crippen LogP contribution is 2.12. The molecule has 0 saturated heterocycles. The molecule has 1 aromatic rings. The Morgan fingerprint density at radius 3 is 2.78 bits per heavy atom. The highest BCUT2D eigenvalue weighted by atomic mass is 16.3. The summed E-state index contributed by atoms with van der Waals surface area (Å²) >= 11 is 0. The van der Waals surface area contributed by atoms with Crippen LogP contribution in [0, 0.1) is 0 Å². The van der Waals surface area contributed by atoms with Gasteiger partial charge in [0.1, 0.15) is 5.82 Å². The van der Waals surface area contributed by atoms with E-state index in [1.54, 1.807) is 6.92 Å². The maximum Gasteiger partial charge on any atom is 0.122 e. The van der Waals surface area contributed by atoms with Crippen molar-refractivity contribution < 1.29 is 5.11 Å². The highest BCUT2D eigenvalue weighted by molar-refractivity contribution is 4.90. The number of hydrogen-bond donors (Lipinski definition) is 2. The number of rotatable bonds is 8. The number of hydrogen-bond acceptors (Lipinski definition) is 4. The monoisotopic (exact) mass is 254 g/mol. The van der Waals surface area contributed by atoms with E-state index in [0.717, 1.165) is 38.2 Å². The fraction of sp³-hybridized carbons (Fsp3) is 0.769. The van der Waals surface area contributed by atoms with Gasteiger partial charge >= 0.3 is 0 Å². The zero-order valence-corrected chi connectivity index (χ0v) is 11.8. The summed E-state index contributed by atoms with van der Waals surface area (Å²) in [5, 5.41) is 9.78. The van der Waals surface area contributed by atoms with Crippen LogP contribution >= 0.6 is 0 Å². The first-order chi connectivity index (χ1) is 8.44. The Morgan fingerprint density at radius 2 is 2.22 bits per heavy atom. The summed E-state index contributed by atoms with van der Waals surface area (Å²) in [5.74, 6) is 1.08. The average molecular weight is 254 g/mol. The van der Waals surface area contributed by atoms with Gasteiger partial charge in [-0.25, -0.2) is 4.98 Å². The van der Waals surface area contributed by atoms with Gasteiger partial charge in [-0.2, -0.15) is 0 Å². The lowest BCUT2D eigenvalue weighted by Crippen LogP contribution is -2.34. The summed E-state index contributed by atoms with van der Waals surface area (Å²) in [6, 6.07) is 0. The minimum Gasteiger partial charge on any atom is -0.389 e. The van der Waals surface area contributed by atoms with Gasteiger partial charge in [-0.1, -0.05) is 0 Å². The van der Waals surface area contributed by atoms with E-state index in [0.29, 0.717) is 6.54 Å². The zero-order chi connectivity index (χ0) is 13.6. The number of imidazole rings is 1. The molecule has 0 bridgehead atoms. The molecule has 0 aliphatic rings. The van der Waals surface area contributed by atoms with Gasteiger partial charge in [0, 0.05) is 26.0 Å². The van der Waals surface area contributed by atoms with Crippen LogP contribution in [0.3, 0.4) is 0 Å². The summed E-state index contributed by atoms with van der Waals surface area (Å²) in [4.78, 5) is 6.55. The van der Waals surface area contributed by atoms with Crippen LogP contribution in [0.5, 0.6) is 0 Å². The Kier molecular flexibility index (Phi) is 5.78. The normalized spacial score (nSPS) is 15.0. The average Bonchev–Trinajstić information content (AvgIpc) is 2.71. The summed E-state index contributed by atoms with van der Waals surface area (Å²) in [6.07, 6.45) is 6.61. The summed E-state index contributed by atoms with van der Waals surface area (Å²) in [5.41, 5.74) is 4.77. The molecule has 0 amide bonds. The van der Waals surface area contributed by atoms with Crippen molar-refractivity contribution in [3.05, 3.63) is 18.2 Å². The van der Waals surface area contributed by atoms with Gasteiger partial charge in [0.2, 0.25) is 0 Å². The maximum absolute atomic E-state index is 9.78. The molecule has 1 unspecified atom stereocenters. The molecule has 0 aromatic carbocycles. The fourth-order valence-corrected chi connectivity index (χ4v) is 1.86. The van der Waals surface area contributed by atoms with Crippen LogP contribution in [0.25, 0.3) is 0 Å². The van der Waals surface area contributed by atoms with Gasteiger partial charge in [0.05, 0.1) is 12.1 Å².